The van der Waals surface area contributed by atoms with E-state index in [2.05, 4.69) is 20.3 Å². The Morgan fingerprint density at radius 1 is 1.40 bits per heavy atom. The first-order valence-corrected chi connectivity index (χ1v) is 8.11. The molecule has 1 aromatic carbocycles. The standard InChI is InChI=1S/C16H13ClF2N4O2/c17-9-4-3-8(13-11(9)23-16(24)25-13)10-6-20-12(14(18)19)15(22-10)21-5-7-1-2-7/h3-4,6-7,14H,1-2,5H2,(H,21,22)(H,23,24). The van der Waals surface area contributed by atoms with E-state index in [4.69, 9.17) is 16.0 Å². The molecule has 1 aliphatic rings. The van der Waals surface area contributed by atoms with Gasteiger partial charge in [0.15, 0.2) is 11.4 Å². The Bertz CT molecular complexity index is 997. The Morgan fingerprint density at radius 2 is 2.20 bits per heavy atom. The van der Waals surface area contributed by atoms with E-state index in [1.807, 2.05) is 0 Å². The number of hydrogen-bond donors (Lipinski definition) is 2. The summed E-state index contributed by atoms with van der Waals surface area (Å²) < 4.78 is 31.5. The van der Waals surface area contributed by atoms with Crippen LogP contribution in [0.3, 0.4) is 0 Å². The van der Waals surface area contributed by atoms with E-state index in [1.54, 1.807) is 12.1 Å². The van der Waals surface area contributed by atoms with Crippen molar-refractivity contribution in [3.8, 4) is 11.3 Å². The van der Waals surface area contributed by atoms with Gasteiger partial charge in [-0.1, -0.05) is 11.6 Å². The van der Waals surface area contributed by atoms with E-state index in [0.29, 0.717) is 34.3 Å². The highest BCUT2D eigenvalue weighted by molar-refractivity contribution is 6.35. The van der Waals surface area contributed by atoms with Crippen LogP contribution in [0.15, 0.2) is 27.5 Å². The van der Waals surface area contributed by atoms with Crippen LogP contribution in [0.5, 0.6) is 0 Å². The molecule has 4 rings (SSSR count). The monoisotopic (exact) mass is 366 g/mol. The second-order valence-corrected chi connectivity index (χ2v) is 6.33. The van der Waals surface area contributed by atoms with Crippen LogP contribution < -0.4 is 11.1 Å². The lowest BCUT2D eigenvalue weighted by molar-refractivity contribution is 0.146. The first-order chi connectivity index (χ1) is 12.0. The topological polar surface area (TPSA) is 83.8 Å². The Hall–Kier alpha value is -2.48. The van der Waals surface area contributed by atoms with Gasteiger partial charge in [-0.25, -0.2) is 23.5 Å². The summed E-state index contributed by atoms with van der Waals surface area (Å²) in [6.45, 7) is 0.577. The lowest BCUT2D eigenvalue weighted by Crippen LogP contribution is -2.10. The summed E-state index contributed by atoms with van der Waals surface area (Å²) in [7, 11) is 0. The summed E-state index contributed by atoms with van der Waals surface area (Å²) in [5.41, 5.74) is 0.902. The lowest BCUT2D eigenvalue weighted by Gasteiger charge is -2.11. The molecule has 2 N–H and O–H groups in total. The van der Waals surface area contributed by atoms with Gasteiger partial charge in [-0.3, -0.25) is 4.98 Å². The maximum absolute atomic E-state index is 13.2. The molecule has 0 aliphatic heterocycles. The smallest absolute Gasteiger partial charge is 0.407 e. The maximum atomic E-state index is 13.2. The first kappa shape index (κ1) is 16.0. The highest BCUT2D eigenvalue weighted by atomic mass is 35.5. The van der Waals surface area contributed by atoms with E-state index in [1.165, 1.54) is 6.20 Å². The number of nitrogens with one attached hydrogen (secondary N) is 2. The zero-order valence-corrected chi connectivity index (χ0v) is 13.6. The number of fused-ring (bicyclic) bond motifs is 1. The zero-order valence-electron chi connectivity index (χ0n) is 12.9. The number of halogens is 3. The second-order valence-electron chi connectivity index (χ2n) is 5.93. The van der Waals surface area contributed by atoms with Crippen molar-refractivity contribution in [2.24, 2.45) is 5.92 Å². The van der Waals surface area contributed by atoms with Gasteiger partial charge in [0.2, 0.25) is 0 Å². The van der Waals surface area contributed by atoms with Crippen LogP contribution >= 0.6 is 11.6 Å². The fourth-order valence-corrected chi connectivity index (χ4v) is 2.78. The summed E-state index contributed by atoms with van der Waals surface area (Å²) in [6, 6.07) is 3.18. The SMILES string of the molecule is O=c1[nH]c2c(Cl)ccc(-c3cnc(C(F)F)c(NCC4CC4)n3)c2o1. The average molecular weight is 367 g/mol. The summed E-state index contributed by atoms with van der Waals surface area (Å²) in [6.07, 6.45) is 0.658. The van der Waals surface area contributed by atoms with Crippen molar-refractivity contribution in [2.75, 3.05) is 11.9 Å². The minimum atomic E-state index is -2.74. The van der Waals surface area contributed by atoms with E-state index in [9.17, 15) is 13.6 Å². The van der Waals surface area contributed by atoms with E-state index in [0.717, 1.165) is 12.8 Å². The molecule has 0 spiro atoms. The van der Waals surface area contributed by atoms with Crippen LogP contribution in [0, 0.1) is 5.92 Å². The van der Waals surface area contributed by atoms with Gasteiger partial charge in [0.25, 0.3) is 6.43 Å². The van der Waals surface area contributed by atoms with Crippen molar-refractivity contribution >= 4 is 28.5 Å². The molecule has 0 unspecified atom stereocenters. The fourth-order valence-electron chi connectivity index (χ4n) is 2.58. The van der Waals surface area contributed by atoms with Crippen molar-refractivity contribution in [2.45, 2.75) is 19.3 Å². The number of aromatic amines is 1. The lowest BCUT2D eigenvalue weighted by atomic mass is 10.1. The predicted octanol–water partition coefficient (Wildman–Crippen LogP) is 3.99. The Labute approximate surface area is 145 Å². The van der Waals surface area contributed by atoms with Gasteiger partial charge < -0.3 is 9.73 Å². The molecular formula is C16H13ClF2N4O2. The van der Waals surface area contributed by atoms with Crippen molar-refractivity contribution in [3.05, 3.63) is 39.6 Å². The van der Waals surface area contributed by atoms with E-state index >= 15 is 0 Å². The number of benzene rings is 1. The fraction of sp³-hybridized carbons (Fsp3) is 0.312. The van der Waals surface area contributed by atoms with Gasteiger partial charge in [0.05, 0.1) is 16.9 Å². The molecule has 0 saturated heterocycles. The van der Waals surface area contributed by atoms with Crippen LogP contribution in [0.2, 0.25) is 5.02 Å². The average Bonchev–Trinajstić information content (AvgIpc) is 3.33. The number of oxazole rings is 1. The van der Waals surface area contributed by atoms with Crippen molar-refractivity contribution < 1.29 is 13.2 Å². The molecule has 130 valence electrons. The molecule has 0 atom stereocenters. The molecule has 1 aliphatic carbocycles. The molecule has 3 aromatic rings. The third-order valence-corrected chi connectivity index (χ3v) is 4.38. The minimum Gasteiger partial charge on any atom is -0.407 e. The number of anilines is 1. The molecular weight excluding hydrogens is 354 g/mol. The van der Waals surface area contributed by atoms with Gasteiger partial charge in [0.1, 0.15) is 11.2 Å². The van der Waals surface area contributed by atoms with Gasteiger partial charge >= 0.3 is 5.76 Å². The van der Waals surface area contributed by atoms with Crippen LogP contribution in [0.25, 0.3) is 22.4 Å². The van der Waals surface area contributed by atoms with Gasteiger partial charge in [-0.15, -0.1) is 0 Å². The number of H-pyrrole nitrogens is 1. The highest BCUT2D eigenvalue weighted by Gasteiger charge is 2.24. The van der Waals surface area contributed by atoms with E-state index in [-0.39, 0.29) is 11.4 Å². The molecule has 0 amide bonds. The van der Waals surface area contributed by atoms with Crippen LogP contribution in [0.1, 0.15) is 25.0 Å². The number of hydrogen-bond acceptors (Lipinski definition) is 5. The Balaban J connectivity index is 1.81. The third kappa shape index (κ3) is 3.09. The van der Waals surface area contributed by atoms with Gasteiger partial charge in [-0.05, 0) is 30.9 Å². The predicted molar refractivity (Wildman–Crippen MR) is 89.0 cm³/mol. The van der Waals surface area contributed by atoms with Crippen LogP contribution in [-0.2, 0) is 0 Å². The molecule has 1 fully saturated rings. The molecule has 1 saturated carbocycles. The second kappa shape index (κ2) is 6.11. The first-order valence-electron chi connectivity index (χ1n) is 7.73. The molecule has 0 bridgehead atoms. The molecule has 2 aromatic heterocycles. The Kier molecular flexibility index (Phi) is 3.91. The quantitative estimate of drug-likeness (QED) is 0.713. The van der Waals surface area contributed by atoms with Crippen molar-refractivity contribution in [3.63, 3.8) is 0 Å². The summed E-state index contributed by atoms with van der Waals surface area (Å²) in [5.74, 6) is -0.130. The molecule has 0 radical (unpaired) electrons. The summed E-state index contributed by atoms with van der Waals surface area (Å²) in [5, 5.41) is 3.27. The van der Waals surface area contributed by atoms with Crippen molar-refractivity contribution in [1.29, 1.82) is 0 Å². The number of rotatable bonds is 5. The summed E-state index contributed by atoms with van der Waals surface area (Å²) in [4.78, 5) is 22.1. The molecule has 2 heterocycles. The molecule has 6 nitrogen and oxygen atoms in total. The Morgan fingerprint density at radius 3 is 2.92 bits per heavy atom. The minimum absolute atomic E-state index is 0.0420. The molecule has 9 heteroatoms. The highest BCUT2D eigenvalue weighted by Crippen LogP contribution is 2.34. The number of nitrogens with zero attached hydrogens (tertiary/aromatic N) is 2. The molecule has 25 heavy (non-hydrogen) atoms. The van der Waals surface area contributed by atoms with Gasteiger partial charge in [0, 0.05) is 12.1 Å². The van der Waals surface area contributed by atoms with Gasteiger partial charge in [-0.2, -0.15) is 0 Å². The van der Waals surface area contributed by atoms with E-state index < -0.39 is 17.9 Å². The third-order valence-electron chi connectivity index (χ3n) is 4.07. The van der Waals surface area contributed by atoms with Crippen molar-refractivity contribution in [1.82, 2.24) is 15.0 Å². The largest absolute Gasteiger partial charge is 0.417 e. The normalized spacial score (nSPS) is 14.4. The number of aromatic nitrogens is 3. The van der Waals surface area contributed by atoms with Crippen LogP contribution in [-0.4, -0.2) is 21.5 Å². The number of alkyl halides is 2. The maximum Gasteiger partial charge on any atom is 0.417 e. The zero-order chi connectivity index (χ0) is 17.6. The van der Waals surface area contributed by atoms with Crippen LogP contribution in [0.4, 0.5) is 14.6 Å². The summed E-state index contributed by atoms with van der Waals surface area (Å²) >= 11 is 6.04.